The molecule has 0 saturated carbocycles. The van der Waals surface area contributed by atoms with E-state index in [0.29, 0.717) is 24.7 Å². The number of aromatic nitrogens is 5. The third-order valence-electron chi connectivity index (χ3n) is 6.52. The summed E-state index contributed by atoms with van der Waals surface area (Å²) in [5.41, 5.74) is 4.52. The number of amides is 1. The Bertz CT molecular complexity index is 1360. The van der Waals surface area contributed by atoms with Crippen LogP contribution in [0.2, 0.25) is 0 Å². The molecule has 8 heteroatoms. The van der Waals surface area contributed by atoms with Crippen LogP contribution in [0.3, 0.4) is 0 Å². The summed E-state index contributed by atoms with van der Waals surface area (Å²) in [6, 6.07) is 16.5. The minimum absolute atomic E-state index is 0.0401. The summed E-state index contributed by atoms with van der Waals surface area (Å²) in [6.07, 6.45) is 4.40. The lowest BCUT2D eigenvalue weighted by Gasteiger charge is -2.32. The Morgan fingerprint density at radius 2 is 1.74 bits per heavy atom. The fourth-order valence-corrected chi connectivity index (χ4v) is 4.78. The monoisotopic (exact) mass is 456 g/mol. The van der Waals surface area contributed by atoms with Gasteiger partial charge >= 0.3 is 0 Å². The van der Waals surface area contributed by atoms with Crippen LogP contribution < -0.4 is 5.56 Å². The summed E-state index contributed by atoms with van der Waals surface area (Å²) >= 11 is 0. The van der Waals surface area contributed by atoms with Gasteiger partial charge in [-0.2, -0.15) is 4.68 Å². The number of piperidine rings is 1. The second kappa shape index (κ2) is 9.21. The largest absolute Gasteiger partial charge is 0.341 e. The van der Waals surface area contributed by atoms with E-state index in [1.807, 2.05) is 36.9 Å². The highest BCUT2D eigenvalue weighted by Crippen LogP contribution is 2.22. The zero-order valence-corrected chi connectivity index (χ0v) is 19.5. The van der Waals surface area contributed by atoms with E-state index in [4.69, 9.17) is 0 Å². The molecule has 0 spiro atoms. The molecule has 2 aromatic carbocycles. The van der Waals surface area contributed by atoms with Crippen LogP contribution in [0.25, 0.3) is 16.9 Å². The molecule has 0 atom stereocenters. The predicted octanol–water partition coefficient (Wildman–Crippen LogP) is 3.08. The molecule has 1 saturated heterocycles. The van der Waals surface area contributed by atoms with Crippen molar-refractivity contribution in [1.82, 2.24) is 29.4 Å². The second-order valence-corrected chi connectivity index (χ2v) is 9.21. The average molecular weight is 457 g/mol. The fourth-order valence-electron chi connectivity index (χ4n) is 4.78. The first kappa shape index (κ1) is 22.0. The van der Waals surface area contributed by atoms with Gasteiger partial charge in [-0.3, -0.25) is 14.2 Å². The summed E-state index contributed by atoms with van der Waals surface area (Å²) in [5, 5.41) is 8.23. The van der Waals surface area contributed by atoms with Gasteiger partial charge in [-0.15, -0.1) is 5.10 Å². The Morgan fingerprint density at radius 3 is 2.44 bits per heavy atom. The lowest BCUT2D eigenvalue weighted by atomic mass is 9.90. The van der Waals surface area contributed by atoms with Gasteiger partial charge in [0, 0.05) is 13.1 Å². The fraction of sp³-hybridized carbons (Fsp3) is 0.346. The Hall–Kier alpha value is -3.81. The van der Waals surface area contributed by atoms with Crippen molar-refractivity contribution in [3.8, 4) is 5.69 Å². The molecule has 0 radical (unpaired) electrons. The van der Waals surface area contributed by atoms with Gasteiger partial charge in [0.25, 0.3) is 5.56 Å². The Labute approximate surface area is 197 Å². The van der Waals surface area contributed by atoms with E-state index < -0.39 is 0 Å². The minimum Gasteiger partial charge on any atom is -0.341 e. The van der Waals surface area contributed by atoms with Crippen LogP contribution in [0.1, 0.15) is 29.5 Å². The molecule has 0 N–H and O–H groups in total. The Balaban J connectivity index is 1.27. The molecule has 8 nitrogen and oxygen atoms in total. The van der Waals surface area contributed by atoms with Crippen LogP contribution in [0.5, 0.6) is 0 Å². The van der Waals surface area contributed by atoms with Crippen LogP contribution in [-0.4, -0.2) is 48.4 Å². The van der Waals surface area contributed by atoms with Crippen molar-refractivity contribution in [3.05, 3.63) is 81.9 Å². The van der Waals surface area contributed by atoms with Crippen LogP contribution in [0, 0.1) is 19.8 Å². The molecular weight excluding hydrogens is 428 g/mol. The molecule has 5 rings (SSSR count). The van der Waals surface area contributed by atoms with Gasteiger partial charge in [-0.25, -0.2) is 4.98 Å². The van der Waals surface area contributed by atoms with Gasteiger partial charge in [-0.05, 0) is 67.9 Å². The van der Waals surface area contributed by atoms with Gasteiger partial charge in [0.1, 0.15) is 12.9 Å². The van der Waals surface area contributed by atoms with E-state index in [-0.39, 0.29) is 23.5 Å². The lowest BCUT2D eigenvalue weighted by Crippen LogP contribution is -2.42. The highest BCUT2D eigenvalue weighted by Gasteiger charge is 2.24. The van der Waals surface area contributed by atoms with Crippen molar-refractivity contribution in [2.75, 3.05) is 13.1 Å². The number of fused-ring (bicyclic) bond motifs is 1. The van der Waals surface area contributed by atoms with Crippen LogP contribution in [0.15, 0.2) is 59.7 Å². The van der Waals surface area contributed by atoms with E-state index in [1.165, 1.54) is 16.5 Å². The van der Waals surface area contributed by atoms with Crippen LogP contribution in [-0.2, 0) is 17.8 Å². The van der Waals surface area contributed by atoms with Gasteiger partial charge in [0.05, 0.1) is 5.69 Å². The van der Waals surface area contributed by atoms with Gasteiger partial charge < -0.3 is 4.90 Å². The maximum Gasteiger partial charge on any atom is 0.284 e. The van der Waals surface area contributed by atoms with Crippen molar-refractivity contribution < 1.29 is 4.79 Å². The van der Waals surface area contributed by atoms with Crippen molar-refractivity contribution in [3.63, 3.8) is 0 Å². The molecule has 34 heavy (non-hydrogen) atoms. The molecule has 3 heterocycles. The highest BCUT2D eigenvalue weighted by atomic mass is 16.2. The Kier molecular flexibility index (Phi) is 5.96. The number of benzene rings is 2. The summed E-state index contributed by atoms with van der Waals surface area (Å²) in [4.78, 5) is 32.2. The second-order valence-electron chi connectivity index (χ2n) is 9.21. The third-order valence-corrected chi connectivity index (χ3v) is 6.52. The lowest BCUT2D eigenvalue weighted by molar-refractivity contribution is -0.133. The molecule has 2 aromatic heterocycles. The topological polar surface area (TPSA) is 85.9 Å². The number of hydrogen-bond donors (Lipinski definition) is 0. The van der Waals surface area contributed by atoms with E-state index in [1.54, 1.807) is 4.68 Å². The standard InChI is InChI=1S/C26H28N6O2/c1-18-12-19(2)14-22(13-18)32-25-24(28-29-32)26(34)31(17-27-25)16-23(33)30-10-8-21(9-11-30)15-20-6-4-3-5-7-20/h3-7,12-14,17,21H,8-11,15-16H2,1-2H3. The van der Waals surface area contributed by atoms with Crippen LogP contribution in [0.4, 0.5) is 0 Å². The van der Waals surface area contributed by atoms with E-state index >= 15 is 0 Å². The first-order valence-electron chi connectivity index (χ1n) is 11.7. The highest BCUT2D eigenvalue weighted by molar-refractivity contribution is 5.77. The van der Waals surface area contributed by atoms with E-state index in [9.17, 15) is 9.59 Å². The van der Waals surface area contributed by atoms with Gasteiger partial charge in [-0.1, -0.05) is 41.6 Å². The molecule has 174 valence electrons. The predicted molar refractivity (Wildman–Crippen MR) is 130 cm³/mol. The first-order valence-corrected chi connectivity index (χ1v) is 11.7. The SMILES string of the molecule is Cc1cc(C)cc(-n2nnc3c(=O)n(CC(=O)N4CCC(Cc5ccccc5)CC4)cnc32)c1. The van der Waals surface area contributed by atoms with Crippen molar-refractivity contribution in [2.24, 2.45) is 5.92 Å². The number of aryl methyl sites for hydroxylation is 2. The molecule has 0 aliphatic carbocycles. The molecule has 1 amide bonds. The number of carbonyl (C=O) groups excluding carboxylic acids is 1. The van der Waals surface area contributed by atoms with Crippen molar-refractivity contribution in [2.45, 2.75) is 39.7 Å². The summed E-state index contributed by atoms with van der Waals surface area (Å²) in [7, 11) is 0. The zero-order valence-electron chi connectivity index (χ0n) is 19.5. The maximum atomic E-state index is 13.0. The summed E-state index contributed by atoms with van der Waals surface area (Å²) in [5.74, 6) is 0.510. The van der Waals surface area contributed by atoms with E-state index in [2.05, 4.69) is 45.6 Å². The molecule has 0 unspecified atom stereocenters. The average Bonchev–Trinajstić information content (AvgIpc) is 3.26. The molecule has 1 fully saturated rings. The smallest absolute Gasteiger partial charge is 0.284 e. The molecular formula is C26H28N6O2. The third kappa shape index (κ3) is 4.48. The van der Waals surface area contributed by atoms with Gasteiger partial charge in [0.15, 0.2) is 11.2 Å². The molecule has 1 aliphatic heterocycles. The zero-order chi connectivity index (χ0) is 23.7. The van der Waals surface area contributed by atoms with Crippen molar-refractivity contribution in [1.29, 1.82) is 0 Å². The normalized spacial score (nSPS) is 14.6. The summed E-state index contributed by atoms with van der Waals surface area (Å²) in [6.45, 7) is 5.40. The number of likely N-dealkylation sites (tertiary alicyclic amines) is 1. The minimum atomic E-state index is -0.354. The first-order chi connectivity index (χ1) is 16.5. The van der Waals surface area contributed by atoms with E-state index in [0.717, 1.165) is 36.1 Å². The summed E-state index contributed by atoms with van der Waals surface area (Å²) < 4.78 is 2.90. The number of carbonyl (C=O) groups is 1. The molecule has 1 aliphatic rings. The maximum absolute atomic E-state index is 13.0. The number of hydrogen-bond acceptors (Lipinski definition) is 5. The molecule has 4 aromatic rings. The van der Waals surface area contributed by atoms with Crippen LogP contribution >= 0.6 is 0 Å². The number of rotatable bonds is 5. The van der Waals surface area contributed by atoms with Gasteiger partial charge in [0.2, 0.25) is 5.91 Å². The molecule has 0 bridgehead atoms. The Morgan fingerprint density at radius 1 is 1.03 bits per heavy atom. The number of nitrogens with zero attached hydrogens (tertiary/aromatic N) is 6. The quantitative estimate of drug-likeness (QED) is 0.461. The van der Waals surface area contributed by atoms with Crippen molar-refractivity contribution >= 4 is 17.1 Å².